The van der Waals surface area contributed by atoms with Gasteiger partial charge in [-0.2, -0.15) is 0 Å². The molecule has 4 nitrogen and oxygen atoms in total. The van der Waals surface area contributed by atoms with E-state index in [1.807, 2.05) is 6.07 Å². The van der Waals surface area contributed by atoms with Crippen molar-refractivity contribution in [2.24, 2.45) is 0 Å². The maximum absolute atomic E-state index is 11.5. The van der Waals surface area contributed by atoms with Crippen molar-refractivity contribution in [3.05, 3.63) is 33.8 Å². The number of anilines is 1. The van der Waals surface area contributed by atoms with E-state index in [1.54, 1.807) is 6.07 Å². The Kier molecular flexibility index (Phi) is 2.31. The van der Waals surface area contributed by atoms with Crippen LogP contribution in [0.5, 0.6) is 0 Å². The minimum Gasteiger partial charge on any atom is -0.384 e. The first-order valence-corrected chi connectivity index (χ1v) is 6.17. The Labute approximate surface area is 106 Å². The highest BCUT2D eigenvalue weighted by molar-refractivity contribution is 7.17. The third-order valence-electron chi connectivity index (χ3n) is 2.60. The molecule has 6 heteroatoms. The van der Waals surface area contributed by atoms with E-state index in [9.17, 15) is 4.79 Å². The van der Waals surface area contributed by atoms with Crippen LogP contribution in [-0.4, -0.2) is 10.9 Å². The number of thiophene rings is 1. The molecule has 2 aromatic rings. The largest absolute Gasteiger partial charge is 0.384 e. The topological polar surface area (TPSA) is 68.0 Å². The number of nitrogen functional groups attached to an aromatic ring is 1. The summed E-state index contributed by atoms with van der Waals surface area (Å²) in [6.45, 7) is 0.586. The van der Waals surface area contributed by atoms with E-state index in [0.717, 1.165) is 20.9 Å². The fourth-order valence-corrected chi connectivity index (χ4v) is 3.17. The normalized spacial score (nSPS) is 13.6. The van der Waals surface area contributed by atoms with Crippen molar-refractivity contribution in [1.29, 1.82) is 0 Å². The fourth-order valence-electron chi connectivity index (χ4n) is 1.78. The standard InChI is InChI=1S/C11H8ClN3OS/c12-7-4-14-9(13)2-6(7)8-1-5-3-15-11(16)10(5)17-8/h1-2,4H,3H2,(H2,13,14)(H,15,16). The zero-order chi connectivity index (χ0) is 12.0. The van der Waals surface area contributed by atoms with Gasteiger partial charge in [0.25, 0.3) is 5.91 Å². The van der Waals surface area contributed by atoms with Gasteiger partial charge >= 0.3 is 0 Å². The third kappa shape index (κ3) is 1.67. The molecule has 1 aliphatic heterocycles. The second kappa shape index (κ2) is 3.72. The van der Waals surface area contributed by atoms with E-state index in [4.69, 9.17) is 17.3 Å². The van der Waals surface area contributed by atoms with Crippen LogP contribution in [0.3, 0.4) is 0 Å². The first kappa shape index (κ1) is 10.6. The van der Waals surface area contributed by atoms with Crippen molar-refractivity contribution in [3.8, 4) is 10.4 Å². The molecule has 0 aromatic carbocycles. The minimum atomic E-state index is -0.0191. The Balaban J connectivity index is 2.13. The van der Waals surface area contributed by atoms with Crippen LogP contribution in [0, 0.1) is 0 Å². The maximum Gasteiger partial charge on any atom is 0.261 e. The van der Waals surface area contributed by atoms with E-state index in [-0.39, 0.29) is 5.91 Å². The summed E-state index contributed by atoms with van der Waals surface area (Å²) in [5.74, 6) is 0.400. The van der Waals surface area contributed by atoms with E-state index in [2.05, 4.69) is 10.3 Å². The summed E-state index contributed by atoms with van der Waals surface area (Å²) in [6, 6.07) is 3.69. The molecule has 0 saturated heterocycles. The van der Waals surface area contributed by atoms with Crippen LogP contribution >= 0.6 is 22.9 Å². The number of amides is 1. The van der Waals surface area contributed by atoms with Crippen molar-refractivity contribution in [2.75, 3.05) is 5.73 Å². The molecule has 0 saturated carbocycles. The summed E-state index contributed by atoms with van der Waals surface area (Å²) in [7, 11) is 0. The van der Waals surface area contributed by atoms with Gasteiger partial charge in [0.05, 0.1) is 9.90 Å². The van der Waals surface area contributed by atoms with Gasteiger partial charge < -0.3 is 11.1 Å². The van der Waals surface area contributed by atoms with Gasteiger partial charge in [0, 0.05) is 23.2 Å². The number of carbonyl (C=O) groups is 1. The van der Waals surface area contributed by atoms with Crippen molar-refractivity contribution in [2.45, 2.75) is 6.54 Å². The molecule has 0 radical (unpaired) electrons. The van der Waals surface area contributed by atoms with Crippen LogP contribution in [-0.2, 0) is 6.54 Å². The lowest BCUT2D eigenvalue weighted by Gasteiger charge is -2.02. The number of nitrogens with zero attached hydrogens (tertiary/aromatic N) is 1. The third-order valence-corrected chi connectivity index (χ3v) is 4.11. The molecule has 0 unspecified atom stereocenters. The lowest BCUT2D eigenvalue weighted by molar-refractivity contribution is 0.0969. The average molecular weight is 266 g/mol. The van der Waals surface area contributed by atoms with Gasteiger partial charge in [-0.1, -0.05) is 11.6 Å². The van der Waals surface area contributed by atoms with Crippen LogP contribution in [0.4, 0.5) is 5.82 Å². The van der Waals surface area contributed by atoms with Crippen molar-refractivity contribution in [1.82, 2.24) is 10.3 Å². The number of fused-ring (bicyclic) bond motifs is 1. The van der Waals surface area contributed by atoms with E-state index >= 15 is 0 Å². The molecule has 17 heavy (non-hydrogen) atoms. The monoisotopic (exact) mass is 265 g/mol. The molecular weight excluding hydrogens is 258 g/mol. The number of nitrogens with two attached hydrogens (primary N) is 1. The van der Waals surface area contributed by atoms with Crippen LogP contribution in [0.15, 0.2) is 18.3 Å². The van der Waals surface area contributed by atoms with Crippen LogP contribution < -0.4 is 11.1 Å². The number of hydrogen-bond donors (Lipinski definition) is 2. The minimum absolute atomic E-state index is 0.0191. The first-order valence-electron chi connectivity index (χ1n) is 4.97. The van der Waals surface area contributed by atoms with Crippen molar-refractivity contribution >= 4 is 34.7 Å². The van der Waals surface area contributed by atoms with Crippen LogP contribution in [0.25, 0.3) is 10.4 Å². The smallest absolute Gasteiger partial charge is 0.261 e. The SMILES string of the molecule is Nc1cc(-c2cc3c(s2)C(=O)NC3)c(Cl)cn1. The predicted molar refractivity (Wildman–Crippen MR) is 68.1 cm³/mol. The Bertz CT molecular complexity index is 623. The summed E-state index contributed by atoms with van der Waals surface area (Å²) < 4.78 is 0. The average Bonchev–Trinajstić information content (AvgIpc) is 2.85. The Hall–Kier alpha value is -1.59. The van der Waals surface area contributed by atoms with Gasteiger partial charge in [-0.15, -0.1) is 11.3 Å². The zero-order valence-corrected chi connectivity index (χ0v) is 10.2. The highest BCUT2D eigenvalue weighted by Crippen LogP contribution is 2.37. The molecule has 1 amide bonds. The number of hydrogen-bond acceptors (Lipinski definition) is 4. The van der Waals surface area contributed by atoms with Crippen molar-refractivity contribution < 1.29 is 4.79 Å². The number of aromatic nitrogens is 1. The fraction of sp³-hybridized carbons (Fsp3) is 0.0909. The number of pyridine rings is 1. The van der Waals surface area contributed by atoms with Gasteiger partial charge in [-0.3, -0.25) is 4.79 Å². The molecule has 0 spiro atoms. The lowest BCUT2D eigenvalue weighted by Crippen LogP contribution is -2.12. The van der Waals surface area contributed by atoms with Gasteiger partial charge in [-0.05, 0) is 17.7 Å². The highest BCUT2D eigenvalue weighted by Gasteiger charge is 2.23. The van der Waals surface area contributed by atoms with E-state index in [1.165, 1.54) is 17.5 Å². The summed E-state index contributed by atoms with van der Waals surface area (Å²) in [5.41, 5.74) is 7.48. The number of nitrogens with one attached hydrogen (secondary N) is 1. The Morgan fingerprint density at radius 2 is 2.29 bits per heavy atom. The number of halogens is 1. The van der Waals surface area contributed by atoms with E-state index in [0.29, 0.717) is 17.4 Å². The van der Waals surface area contributed by atoms with E-state index < -0.39 is 0 Å². The maximum atomic E-state index is 11.5. The highest BCUT2D eigenvalue weighted by atomic mass is 35.5. The summed E-state index contributed by atoms with van der Waals surface area (Å²) in [4.78, 5) is 17.1. The van der Waals surface area contributed by atoms with Gasteiger partial charge in [0.2, 0.25) is 0 Å². The molecule has 0 atom stereocenters. The molecule has 2 aromatic heterocycles. The van der Waals surface area contributed by atoms with Crippen LogP contribution in [0.1, 0.15) is 15.2 Å². The number of carbonyl (C=O) groups excluding carboxylic acids is 1. The summed E-state index contributed by atoms with van der Waals surface area (Å²) in [6.07, 6.45) is 1.52. The Morgan fingerprint density at radius 3 is 3.06 bits per heavy atom. The second-order valence-corrected chi connectivity index (χ2v) is 5.20. The molecule has 3 rings (SSSR count). The van der Waals surface area contributed by atoms with Gasteiger partial charge in [0.1, 0.15) is 5.82 Å². The molecule has 3 N–H and O–H groups in total. The van der Waals surface area contributed by atoms with Crippen LogP contribution in [0.2, 0.25) is 5.02 Å². The Morgan fingerprint density at radius 1 is 1.47 bits per heavy atom. The summed E-state index contributed by atoms with van der Waals surface area (Å²) >= 11 is 7.50. The zero-order valence-electron chi connectivity index (χ0n) is 8.66. The number of rotatable bonds is 1. The second-order valence-electron chi connectivity index (χ2n) is 3.74. The van der Waals surface area contributed by atoms with Gasteiger partial charge in [-0.25, -0.2) is 4.98 Å². The molecule has 0 aliphatic carbocycles. The molecule has 3 heterocycles. The molecule has 86 valence electrons. The summed E-state index contributed by atoms with van der Waals surface area (Å²) in [5, 5.41) is 3.31. The quantitative estimate of drug-likeness (QED) is 0.831. The molecule has 1 aliphatic rings. The molecular formula is C11H8ClN3OS. The molecule has 0 bridgehead atoms. The van der Waals surface area contributed by atoms with Crippen molar-refractivity contribution in [3.63, 3.8) is 0 Å². The molecule has 0 fully saturated rings. The van der Waals surface area contributed by atoms with Gasteiger partial charge in [0.15, 0.2) is 0 Å². The first-order chi connectivity index (χ1) is 8.15. The predicted octanol–water partition coefficient (Wildman–Crippen LogP) is 2.29. The lowest BCUT2D eigenvalue weighted by atomic mass is 10.2.